The van der Waals surface area contributed by atoms with E-state index in [1.165, 1.54) is 11.6 Å². The Morgan fingerprint density at radius 1 is 1.25 bits per heavy atom. The molecule has 2 rings (SSSR count). The van der Waals surface area contributed by atoms with Gasteiger partial charge in [0.05, 0.1) is 5.69 Å². The van der Waals surface area contributed by atoms with Crippen molar-refractivity contribution in [2.75, 3.05) is 5.32 Å². The Hall–Kier alpha value is -2.46. The van der Waals surface area contributed by atoms with Gasteiger partial charge in [-0.25, -0.2) is 4.98 Å². The topological polar surface area (TPSA) is 68.0 Å². The van der Waals surface area contributed by atoms with Crippen LogP contribution in [0.3, 0.4) is 0 Å². The summed E-state index contributed by atoms with van der Waals surface area (Å²) in [5.74, 6) is 0.291. The van der Waals surface area contributed by atoms with Crippen molar-refractivity contribution in [2.45, 2.75) is 13.5 Å². The summed E-state index contributed by atoms with van der Waals surface area (Å²) in [5, 5.41) is 2.71. The number of hydrogen-bond acceptors (Lipinski definition) is 3. The molecule has 0 fully saturated rings. The molecular weight excluding hydrogens is 250 g/mol. The zero-order valence-corrected chi connectivity index (χ0v) is 11.3. The molecule has 0 atom stereocenters. The second-order valence-electron chi connectivity index (χ2n) is 4.45. The molecular formula is C16H17N3O. The van der Waals surface area contributed by atoms with E-state index in [1.807, 2.05) is 43.3 Å². The van der Waals surface area contributed by atoms with E-state index in [2.05, 4.69) is 10.3 Å². The first kappa shape index (κ1) is 14.0. The first-order chi connectivity index (χ1) is 9.67. The summed E-state index contributed by atoms with van der Waals surface area (Å²) < 4.78 is 0. The summed E-state index contributed by atoms with van der Waals surface area (Å²) in [6, 6.07) is 13.3. The Labute approximate surface area is 118 Å². The number of rotatable bonds is 4. The second kappa shape index (κ2) is 6.63. The Morgan fingerprint density at radius 3 is 2.70 bits per heavy atom. The lowest BCUT2D eigenvalue weighted by Crippen LogP contribution is -2.10. The van der Waals surface area contributed by atoms with Crippen LogP contribution in [0.4, 0.5) is 5.82 Å². The van der Waals surface area contributed by atoms with E-state index < -0.39 is 0 Å². The number of nitrogens with zero attached hydrogens (tertiary/aromatic N) is 1. The smallest absolute Gasteiger partial charge is 0.249 e. The first-order valence-corrected chi connectivity index (χ1v) is 6.39. The minimum atomic E-state index is -0.216. The van der Waals surface area contributed by atoms with Crippen LogP contribution in [0.15, 0.2) is 48.5 Å². The zero-order valence-electron chi connectivity index (χ0n) is 11.3. The van der Waals surface area contributed by atoms with Gasteiger partial charge >= 0.3 is 0 Å². The van der Waals surface area contributed by atoms with Crippen LogP contribution in [0.2, 0.25) is 0 Å². The molecule has 20 heavy (non-hydrogen) atoms. The van der Waals surface area contributed by atoms with Gasteiger partial charge < -0.3 is 11.1 Å². The van der Waals surface area contributed by atoms with Crippen molar-refractivity contribution in [1.82, 2.24) is 4.98 Å². The highest BCUT2D eigenvalue weighted by Crippen LogP contribution is 2.07. The van der Waals surface area contributed by atoms with Gasteiger partial charge in [0.2, 0.25) is 5.91 Å². The fraction of sp³-hybridized carbons (Fsp3) is 0.125. The van der Waals surface area contributed by atoms with Crippen LogP contribution in [-0.2, 0) is 11.3 Å². The van der Waals surface area contributed by atoms with Gasteiger partial charge in [0.1, 0.15) is 5.82 Å². The maximum absolute atomic E-state index is 11.8. The number of nitrogens with one attached hydrogen (secondary N) is 1. The number of pyridine rings is 1. The molecule has 1 aromatic heterocycles. The number of hydrogen-bond donors (Lipinski definition) is 2. The van der Waals surface area contributed by atoms with Gasteiger partial charge in [-0.05, 0) is 30.7 Å². The van der Waals surface area contributed by atoms with Crippen LogP contribution >= 0.6 is 0 Å². The largest absolute Gasteiger partial charge is 0.325 e. The van der Waals surface area contributed by atoms with Crippen molar-refractivity contribution in [2.24, 2.45) is 5.73 Å². The third-order valence-corrected chi connectivity index (χ3v) is 2.77. The van der Waals surface area contributed by atoms with Crippen molar-refractivity contribution in [3.63, 3.8) is 0 Å². The highest BCUT2D eigenvalue weighted by atomic mass is 16.1. The monoisotopic (exact) mass is 267 g/mol. The van der Waals surface area contributed by atoms with Gasteiger partial charge in [-0.15, -0.1) is 0 Å². The van der Waals surface area contributed by atoms with Crippen molar-refractivity contribution < 1.29 is 4.79 Å². The number of anilines is 1. The number of carbonyl (C=O) groups excluding carboxylic acids is 1. The third-order valence-electron chi connectivity index (χ3n) is 2.77. The molecule has 1 amide bonds. The molecule has 2 aromatic rings. The molecule has 0 radical (unpaired) electrons. The van der Waals surface area contributed by atoms with E-state index in [0.29, 0.717) is 12.4 Å². The number of carbonyl (C=O) groups is 1. The van der Waals surface area contributed by atoms with Crippen LogP contribution in [-0.4, -0.2) is 10.9 Å². The third kappa shape index (κ3) is 4.03. The van der Waals surface area contributed by atoms with E-state index in [9.17, 15) is 4.79 Å². The molecule has 1 aromatic carbocycles. The fourth-order valence-electron chi connectivity index (χ4n) is 1.68. The van der Waals surface area contributed by atoms with E-state index in [-0.39, 0.29) is 5.91 Å². The Bertz CT molecular complexity index is 618. The lowest BCUT2D eigenvalue weighted by atomic mass is 10.1. The highest BCUT2D eigenvalue weighted by Gasteiger charge is 2.00. The molecule has 4 heteroatoms. The molecule has 3 N–H and O–H groups in total. The van der Waals surface area contributed by atoms with Crippen LogP contribution < -0.4 is 11.1 Å². The van der Waals surface area contributed by atoms with Crippen LogP contribution in [0, 0.1) is 6.92 Å². The predicted octanol–water partition coefficient (Wildman–Crippen LogP) is 2.50. The average molecular weight is 267 g/mol. The maximum Gasteiger partial charge on any atom is 0.249 e. The van der Waals surface area contributed by atoms with E-state index in [1.54, 1.807) is 12.1 Å². The molecule has 0 aliphatic carbocycles. The predicted molar refractivity (Wildman–Crippen MR) is 81.0 cm³/mol. The van der Waals surface area contributed by atoms with Crippen LogP contribution in [0.25, 0.3) is 6.08 Å². The normalized spacial score (nSPS) is 10.7. The Morgan fingerprint density at radius 2 is 2.00 bits per heavy atom. The lowest BCUT2D eigenvalue weighted by Gasteiger charge is -2.03. The standard InChI is InChI=1S/C16H17N3O/c1-12-5-7-13(8-6-12)9-10-16(20)19-15-4-2-3-14(11-17)18-15/h2-10H,11,17H2,1H3,(H,18,19,20)/b10-9+. The van der Waals surface area contributed by atoms with Gasteiger partial charge in [-0.2, -0.15) is 0 Å². The zero-order chi connectivity index (χ0) is 14.4. The SMILES string of the molecule is Cc1ccc(/C=C/C(=O)Nc2cccc(CN)n2)cc1. The van der Waals surface area contributed by atoms with Crippen molar-refractivity contribution in [3.05, 3.63) is 65.4 Å². The summed E-state index contributed by atoms with van der Waals surface area (Å²) >= 11 is 0. The summed E-state index contributed by atoms with van der Waals surface area (Å²) in [4.78, 5) is 16.0. The molecule has 0 unspecified atom stereocenters. The van der Waals surface area contributed by atoms with Crippen molar-refractivity contribution in [3.8, 4) is 0 Å². The molecule has 0 saturated carbocycles. The molecule has 0 aliphatic heterocycles. The quantitative estimate of drug-likeness (QED) is 0.836. The minimum Gasteiger partial charge on any atom is -0.325 e. The number of aryl methyl sites for hydroxylation is 1. The van der Waals surface area contributed by atoms with Gasteiger partial charge in [0.25, 0.3) is 0 Å². The number of amides is 1. The van der Waals surface area contributed by atoms with Crippen LogP contribution in [0.5, 0.6) is 0 Å². The van der Waals surface area contributed by atoms with Crippen molar-refractivity contribution in [1.29, 1.82) is 0 Å². The lowest BCUT2D eigenvalue weighted by molar-refractivity contribution is -0.111. The van der Waals surface area contributed by atoms with Gasteiger partial charge in [0, 0.05) is 12.6 Å². The fourth-order valence-corrected chi connectivity index (χ4v) is 1.68. The van der Waals surface area contributed by atoms with Gasteiger partial charge in [0.15, 0.2) is 0 Å². The summed E-state index contributed by atoms with van der Waals surface area (Å²) in [5.41, 5.74) is 8.42. The number of benzene rings is 1. The van der Waals surface area contributed by atoms with E-state index in [4.69, 9.17) is 5.73 Å². The van der Waals surface area contributed by atoms with Crippen LogP contribution in [0.1, 0.15) is 16.8 Å². The van der Waals surface area contributed by atoms with E-state index in [0.717, 1.165) is 11.3 Å². The molecule has 0 spiro atoms. The van der Waals surface area contributed by atoms with E-state index >= 15 is 0 Å². The molecule has 1 heterocycles. The molecule has 4 nitrogen and oxygen atoms in total. The summed E-state index contributed by atoms with van der Waals surface area (Å²) in [6.07, 6.45) is 3.25. The van der Waals surface area contributed by atoms with Crippen molar-refractivity contribution >= 4 is 17.8 Å². The first-order valence-electron chi connectivity index (χ1n) is 6.39. The number of nitrogens with two attached hydrogens (primary N) is 1. The number of aromatic nitrogens is 1. The Kier molecular flexibility index (Phi) is 4.63. The van der Waals surface area contributed by atoms with Gasteiger partial charge in [-0.1, -0.05) is 35.9 Å². The molecule has 0 bridgehead atoms. The maximum atomic E-state index is 11.8. The average Bonchev–Trinajstić information content (AvgIpc) is 2.47. The highest BCUT2D eigenvalue weighted by molar-refractivity contribution is 6.01. The Balaban J connectivity index is 1.99. The molecule has 0 saturated heterocycles. The minimum absolute atomic E-state index is 0.216. The van der Waals surface area contributed by atoms with Gasteiger partial charge in [-0.3, -0.25) is 4.79 Å². The molecule has 102 valence electrons. The second-order valence-corrected chi connectivity index (χ2v) is 4.45. The molecule has 0 aliphatic rings. The summed E-state index contributed by atoms with van der Waals surface area (Å²) in [6.45, 7) is 2.37. The summed E-state index contributed by atoms with van der Waals surface area (Å²) in [7, 11) is 0.